The van der Waals surface area contributed by atoms with Gasteiger partial charge in [0, 0.05) is 18.7 Å². The van der Waals surface area contributed by atoms with Crippen molar-refractivity contribution in [3.8, 4) is 11.5 Å². The summed E-state index contributed by atoms with van der Waals surface area (Å²) in [5.41, 5.74) is 0.930. The minimum Gasteiger partial charge on any atom is -0.493 e. The van der Waals surface area contributed by atoms with Crippen molar-refractivity contribution in [2.75, 3.05) is 38.9 Å². The van der Waals surface area contributed by atoms with E-state index >= 15 is 0 Å². The van der Waals surface area contributed by atoms with E-state index in [1.165, 1.54) is 43.4 Å². The molecule has 0 bridgehead atoms. The van der Waals surface area contributed by atoms with Gasteiger partial charge in [0.2, 0.25) is 5.91 Å². The summed E-state index contributed by atoms with van der Waals surface area (Å²) >= 11 is 0. The molecular weight excluding hydrogens is 480 g/mol. The second kappa shape index (κ2) is 11.4. The van der Waals surface area contributed by atoms with Gasteiger partial charge in [-0.3, -0.25) is 14.4 Å². The molecule has 2 saturated heterocycles. The lowest BCUT2D eigenvalue weighted by atomic mass is 10.1. The molecule has 0 aliphatic carbocycles. The molecule has 0 aromatic heterocycles. The van der Waals surface area contributed by atoms with Crippen LogP contribution < -0.4 is 14.4 Å². The van der Waals surface area contributed by atoms with Crippen LogP contribution in [0.2, 0.25) is 0 Å². The molecule has 10 heteroatoms. The van der Waals surface area contributed by atoms with Crippen molar-refractivity contribution >= 4 is 29.4 Å². The molecule has 37 heavy (non-hydrogen) atoms. The zero-order valence-electron chi connectivity index (χ0n) is 21.1. The highest BCUT2D eigenvalue weighted by Gasteiger charge is 2.45. The van der Waals surface area contributed by atoms with Crippen LogP contribution in [0.4, 0.5) is 5.69 Å². The summed E-state index contributed by atoms with van der Waals surface area (Å²) in [7, 11) is 2.97. The molecular formula is C27H30N2O8. The van der Waals surface area contributed by atoms with Crippen LogP contribution in [-0.4, -0.2) is 74.7 Å². The van der Waals surface area contributed by atoms with E-state index in [0.29, 0.717) is 34.9 Å². The number of methoxy groups -OCH3 is 2. The van der Waals surface area contributed by atoms with Crippen molar-refractivity contribution in [3.63, 3.8) is 0 Å². The predicted octanol–water partition coefficient (Wildman–Crippen LogP) is 2.83. The average molecular weight is 511 g/mol. The monoisotopic (exact) mass is 510 g/mol. The Hall–Kier alpha value is -3.92. The molecule has 2 fully saturated rings. The van der Waals surface area contributed by atoms with Crippen LogP contribution in [0.25, 0.3) is 0 Å². The van der Waals surface area contributed by atoms with E-state index in [2.05, 4.69) is 0 Å². The molecule has 2 atom stereocenters. The third-order valence-electron chi connectivity index (χ3n) is 6.45. The van der Waals surface area contributed by atoms with Gasteiger partial charge in [-0.15, -0.1) is 0 Å². The Bertz CT molecular complexity index is 1170. The number of amides is 3. The van der Waals surface area contributed by atoms with Crippen molar-refractivity contribution < 1.29 is 38.1 Å². The first kappa shape index (κ1) is 26.2. The number of esters is 1. The van der Waals surface area contributed by atoms with Gasteiger partial charge in [0.05, 0.1) is 44.6 Å². The lowest BCUT2D eigenvalue weighted by molar-refractivity contribution is -0.122. The Morgan fingerprint density at radius 1 is 1.03 bits per heavy atom. The van der Waals surface area contributed by atoms with E-state index in [1.54, 1.807) is 25.1 Å². The Balaban J connectivity index is 1.61. The fraction of sp³-hybridized carbons (Fsp3) is 0.407. The molecule has 2 aromatic rings. The first-order valence-electron chi connectivity index (χ1n) is 12.2. The highest BCUT2D eigenvalue weighted by molar-refractivity contribution is 6.23. The molecule has 0 N–H and O–H groups in total. The maximum atomic E-state index is 13.7. The molecule has 2 aliphatic heterocycles. The molecule has 2 unspecified atom stereocenters. The molecule has 2 heterocycles. The van der Waals surface area contributed by atoms with Gasteiger partial charge in [0.25, 0.3) is 11.8 Å². The fourth-order valence-electron chi connectivity index (χ4n) is 4.59. The van der Waals surface area contributed by atoms with E-state index in [4.69, 9.17) is 18.9 Å². The number of imide groups is 1. The quantitative estimate of drug-likeness (QED) is 0.374. The number of rotatable bonds is 9. The normalized spacial score (nSPS) is 19.2. The molecule has 196 valence electrons. The number of hydrogen-bond donors (Lipinski definition) is 0. The maximum Gasteiger partial charge on any atom is 0.338 e. The Morgan fingerprint density at radius 3 is 2.35 bits per heavy atom. The van der Waals surface area contributed by atoms with Crippen LogP contribution in [0, 0.1) is 0 Å². The number of carbonyl (C=O) groups excluding carboxylic acids is 4. The first-order valence-corrected chi connectivity index (χ1v) is 12.2. The molecule has 0 saturated carbocycles. The van der Waals surface area contributed by atoms with E-state index in [9.17, 15) is 19.2 Å². The summed E-state index contributed by atoms with van der Waals surface area (Å²) in [5.74, 6) is -1.01. The fourth-order valence-corrected chi connectivity index (χ4v) is 4.59. The van der Waals surface area contributed by atoms with Crippen molar-refractivity contribution in [1.82, 2.24) is 4.90 Å². The summed E-state index contributed by atoms with van der Waals surface area (Å²) in [6, 6.07) is 9.81. The average Bonchev–Trinajstić information content (AvgIpc) is 3.53. The predicted molar refractivity (Wildman–Crippen MR) is 133 cm³/mol. The van der Waals surface area contributed by atoms with Gasteiger partial charge < -0.3 is 23.8 Å². The van der Waals surface area contributed by atoms with E-state index < -0.39 is 29.7 Å². The number of nitrogens with zero attached hydrogens (tertiary/aromatic N) is 2. The summed E-state index contributed by atoms with van der Waals surface area (Å²) in [5, 5.41) is 0. The van der Waals surface area contributed by atoms with E-state index in [-0.39, 0.29) is 25.7 Å². The summed E-state index contributed by atoms with van der Waals surface area (Å²) < 4.78 is 21.3. The van der Waals surface area contributed by atoms with Gasteiger partial charge in [-0.25, -0.2) is 9.69 Å². The molecule has 2 aliphatic rings. The van der Waals surface area contributed by atoms with Gasteiger partial charge in [-0.05, 0) is 62.2 Å². The van der Waals surface area contributed by atoms with Gasteiger partial charge in [0.1, 0.15) is 6.04 Å². The topological polar surface area (TPSA) is 112 Å². The van der Waals surface area contributed by atoms with Gasteiger partial charge in [0.15, 0.2) is 11.5 Å². The summed E-state index contributed by atoms with van der Waals surface area (Å²) in [6.07, 6.45) is 1.22. The van der Waals surface area contributed by atoms with Crippen molar-refractivity contribution in [1.29, 1.82) is 0 Å². The number of carbonyl (C=O) groups is 4. The minimum atomic E-state index is -0.998. The Labute approximate surface area is 215 Å². The summed E-state index contributed by atoms with van der Waals surface area (Å²) in [6.45, 7) is 2.70. The third kappa shape index (κ3) is 5.43. The molecule has 0 radical (unpaired) electrons. The molecule has 10 nitrogen and oxygen atoms in total. The van der Waals surface area contributed by atoms with Crippen LogP contribution in [0.1, 0.15) is 46.9 Å². The van der Waals surface area contributed by atoms with Gasteiger partial charge >= 0.3 is 5.97 Å². The lowest BCUT2D eigenvalue weighted by Crippen LogP contribution is -2.48. The van der Waals surface area contributed by atoms with Crippen LogP contribution in [0.15, 0.2) is 42.5 Å². The molecule has 2 aromatic carbocycles. The second-order valence-electron chi connectivity index (χ2n) is 8.72. The minimum absolute atomic E-state index is 0.162. The first-order chi connectivity index (χ1) is 17.9. The summed E-state index contributed by atoms with van der Waals surface area (Å²) in [4.78, 5) is 54.7. The Kier molecular flexibility index (Phi) is 8.08. The van der Waals surface area contributed by atoms with Gasteiger partial charge in [-0.1, -0.05) is 0 Å². The zero-order chi connectivity index (χ0) is 26.5. The van der Waals surface area contributed by atoms with Crippen molar-refractivity contribution in [3.05, 3.63) is 53.6 Å². The van der Waals surface area contributed by atoms with Crippen molar-refractivity contribution in [2.45, 2.75) is 38.3 Å². The molecule has 3 amide bonds. The van der Waals surface area contributed by atoms with E-state index in [1.807, 2.05) is 0 Å². The Morgan fingerprint density at radius 2 is 1.73 bits per heavy atom. The standard InChI is InChI=1S/C27H30N2O8/c1-4-36-27(33)17-7-10-19(11-8-17)29-24(30)15-21(26(29)32)28(16-20-6-5-13-37-20)25(31)18-9-12-22(34-2)23(14-18)35-3/h7-12,14,20-21H,4-6,13,15-16H2,1-3H3. The highest BCUT2D eigenvalue weighted by atomic mass is 16.5. The largest absolute Gasteiger partial charge is 0.493 e. The zero-order valence-corrected chi connectivity index (χ0v) is 21.1. The van der Waals surface area contributed by atoms with Crippen LogP contribution >= 0.6 is 0 Å². The van der Waals surface area contributed by atoms with E-state index in [0.717, 1.165) is 17.7 Å². The molecule has 4 rings (SSSR count). The van der Waals surface area contributed by atoms with Gasteiger partial charge in [-0.2, -0.15) is 0 Å². The smallest absolute Gasteiger partial charge is 0.338 e. The van der Waals surface area contributed by atoms with Crippen LogP contribution in [0.5, 0.6) is 11.5 Å². The maximum absolute atomic E-state index is 13.7. The number of anilines is 1. The second-order valence-corrected chi connectivity index (χ2v) is 8.72. The number of benzene rings is 2. The van der Waals surface area contributed by atoms with Crippen LogP contribution in [0.3, 0.4) is 0 Å². The lowest BCUT2D eigenvalue weighted by Gasteiger charge is -2.30. The van der Waals surface area contributed by atoms with Crippen molar-refractivity contribution in [2.24, 2.45) is 0 Å². The number of ether oxygens (including phenoxy) is 4. The van der Waals surface area contributed by atoms with Crippen LogP contribution in [-0.2, 0) is 19.1 Å². The highest BCUT2D eigenvalue weighted by Crippen LogP contribution is 2.31. The number of hydrogen-bond acceptors (Lipinski definition) is 8. The SMILES string of the molecule is CCOC(=O)c1ccc(N2C(=O)CC(N(CC3CCCO3)C(=O)c3ccc(OC)c(OC)c3)C2=O)cc1. The third-order valence-corrected chi connectivity index (χ3v) is 6.45. The molecule has 0 spiro atoms.